The highest BCUT2D eigenvalue weighted by Gasteiger charge is 2.52. The Labute approximate surface area is 110 Å². The average Bonchev–Trinajstić information content (AvgIpc) is 3.08. The third-order valence-electron chi connectivity index (χ3n) is 5.11. The van der Waals surface area contributed by atoms with Crippen molar-refractivity contribution in [2.75, 3.05) is 19.3 Å². The highest BCUT2D eigenvalue weighted by Crippen LogP contribution is 2.44. The lowest BCUT2D eigenvalue weighted by Crippen LogP contribution is -2.71. The van der Waals surface area contributed by atoms with Crippen LogP contribution in [0.3, 0.4) is 0 Å². The van der Waals surface area contributed by atoms with Crippen LogP contribution in [-0.4, -0.2) is 49.5 Å². The Kier molecular flexibility index (Phi) is 2.99. The fraction of sp³-hybridized carbons (Fsp3) is 1.00. The van der Waals surface area contributed by atoms with Gasteiger partial charge in [-0.1, -0.05) is 6.42 Å². The molecule has 2 N–H and O–H groups in total. The Morgan fingerprint density at radius 2 is 1.83 bits per heavy atom. The molecule has 1 aliphatic heterocycles. The van der Waals surface area contributed by atoms with Crippen molar-refractivity contribution in [1.82, 2.24) is 4.90 Å². The average molecular weight is 272 g/mol. The van der Waals surface area contributed by atoms with Crippen molar-refractivity contribution < 1.29 is 8.42 Å². The molecule has 0 aromatic rings. The summed E-state index contributed by atoms with van der Waals surface area (Å²) in [6.45, 7) is 1.97. The second kappa shape index (κ2) is 4.18. The second-order valence-electron chi connectivity index (χ2n) is 6.68. The van der Waals surface area contributed by atoms with Crippen LogP contribution >= 0.6 is 0 Å². The molecule has 0 aromatic heterocycles. The first-order valence-electron chi connectivity index (χ1n) is 7.10. The third kappa shape index (κ3) is 2.32. The molecule has 3 aliphatic rings. The van der Waals surface area contributed by atoms with E-state index < -0.39 is 9.84 Å². The van der Waals surface area contributed by atoms with E-state index in [9.17, 15) is 8.42 Å². The molecule has 2 unspecified atom stereocenters. The first-order valence-corrected chi connectivity index (χ1v) is 9.06. The van der Waals surface area contributed by atoms with E-state index >= 15 is 0 Å². The van der Waals surface area contributed by atoms with Crippen LogP contribution in [0.15, 0.2) is 0 Å². The zero-order valence-corrected chi connectivity index (χ0v) is 12.0. The van der Waals surface area contributed by atoms with Gasteiger partial charge in [-0.05, 0) is 38.0 Å². The van der Waals surface area contributed by atoms with E-state index in [1.54, 1.807) is 0 Å². The van der Waals surface area contributed by atoms with Crippen LogP contribution in [0, 0.1) is 5.92 Å². The molecule has 1 heterocycles. The molecule has 0 aromatic carbocycles. The van der Waals surface area contributed by atoms with Gasteiger partial charge in [0.1, 0.15) is 9.84 Å². The normalized spacial score (nSPS) is 37.2. The maximum absolute atomic E-state index is 11.7. The molecular formula is C13H24N2O2S. The van der Waals surface area contributed by atoms with Crippen LogP contribution in [0.1, 0.15) is 38.5 Å². The fourth-order valence-electron chi connectivity index (χ4n) is 3.73. The molecule has 0 amide bonds. The lowest BCUT2D eigenvalue weighted by molar-refractivity contribution is 0.00357. The zero-order valence-electron chi connectivity index (χ0n) is 11.1. The maximum atomic E-state index is 11.7. The largest absolute Gasteiger partial charge is 0.323 e. The Balaban J connectivity index is 1.58. The predicted molar refractivity (Wildman–Crippen MR) is 72.1 cm³/mol. The third-order valence-corrected chi connectivity index (χ3v) is 6.74. The quantitative estimate of drug-likeness (QED) is 0.824. The molecule has 1 saturated heterocycles. The molecule has 2 saturated carbocycles. The molecule has 0 radical (unpaired) electrons. The summed E-state index contributed by atoms with van der Waals surface area (Å²) < 4.78 is 23.3. The van der Waals surface area contributed by atoms with Gasteiger partial charge < -0.3 is 5.73 Å². The van der Waals surface area contributed by atoms with Gasteiger partial charge >= 0.3 is 0 Å². The van der Waals surface area contributed by atoms with Gasteiger partial charge in [0, 0.05) is 30.9 Å². The summed E-state index contributed by atoms with van der Waals surface area (Å²) in [5.41, 5.74) is 6.42. The van der Waals surface area contributed by atoms with Gasteiger partial charge in [0.05, 0.1) is 5.25 Å². The minimum Gasteiger partial charge on any atom is -0.323 e. The summed E-state index contributed by atoms with van der Waals surface area (Å²) in [4.78, 5) is 2.43. The second-order valence-corrected chi connectivity index (χ2v) is 9.01. The Morgan fingerprint density at radius 3 is 2.39 bits per heavy atom. The van der Waals surface area contributed by atoms with E-state index in [2.05, 4.69) is 4.90 Å². The predicted octanol–water partition coefficient (Wildman–Crippen LogP) is 0.765. The maximum Gasteiger partial charge on any atom is 0.150 e. The minimum atomic E-state index is -2.87. The lowest BCUT2D eigenvalue weighted by atomic mass is 9.81. The van der Waals surface area contributed by atoms with Crippen LogP contribution < -0.4 is 5.73 Å². The molecule has 18 heavy (non-hydrogen) atoms. The number of sulfone groups is 1. The summed E-state index contributed by atoms with van der Waals surface area (Å²) in [6, 6.07) is 0.453. The minimum absolute atomic E-state index is 0.0536. The monoisotopic (exact) mass is 272 g/mol. The van der Waals surface area contributed by atoms with E-state index in [0.29, 0.717) is 6.04 Å². The lowest BCUT2D eigenvalue weighted by Gasteiger charge is -2.53. The number of nitrogens with zero attached hydrogens (tertiary/aromatic N) is 1. The van der Waals surface area contributed by atoms with Crippen LogP contribution in [0.4, 0.5) is 0 Å². The van der Waals surface area contributed by atoms with Gasteiger partial charge in [-0.2, -0.15) is 0 Å². The topological polar surface area (TPSA) is 63.4 Å². The van der Waals surface area contributed by atoms with E-state index in [4.69, 9.17) is 5.73 Å². The summed E-state index contributed by atoms with van der Waals surface area (Å²) in [5.74, 6) is 0.739. The number of nitrogens with two attached hydrogens (primary N) is 1. The molecule has 4 nitrogen and oxygen atoms in total. The first-order chi connectivity index (χ1) is 8.38. The number of hydrogen-bond acceptors (Lipinski definition) is 4. The van der Waals surface area contributed by atoms with Crippen molar-refractivity contribution in [2.45, 2.75) is 55.4 Å². The molecule has 2 atom stereocenters. The molecule has 0 spiro atoms. The SMILES string of the molecule is CS(=O)(=O)C1CCCC(N2CC(N)(C3CC3)C2)C1. The summed E-state index contributed by atoms with van der Waals surface area (Å²) in [5, 5.41) is -0.120. The number of likely N-dealkylation sites (tertiary alicyclic amines) is 1. The molecular weight excluding hydrogens is 248 g/mol. The van der Waals surface area contributed by atoms with E-state index in [1.165, 1.54) is 19.1 Å². The van der Waals surface area contributed by atoms with Crippen molar-refractivity contribution in [3.05, 3.63) is 0 Å². The first kappa shape index (κ1) is 12.9. The van der Waals surface area contributed by atoms with Crippen molar-refractivity contribution in [3.8, 4) is 0 Å². The molecule has 104 valence electrons. The van der Waals surface area contributed by atoms with Crippen molar-refractivity contribution in [2.24, 2.45) is 11.7 Å². The van der Waals surface area contributed by atoms with Crippen molar-refractivity contribution in [3.63, 3.8) is 0 Å². The van der Waals surface area contributed by atoms with Gasteiger partial charge in [-0.15, -0.1) is 0 Å². The van der Waals surface area contributed by atoms with Crippen molar-refractivity contribution in [1.29, 1.82) is 0 Å². The molecule has 3 fully saturated rings. The summed E-state index contributed by atoms with van der Waals surface area (Å²) in [7, 11) is -2.87. The van der Waals surface area contributed by atoms with Crippen molar-refractivity contribution >= 4 is 9.84 Å². The van der Waals surface area contributed by atoms with E-state index in [1.807, 2.05) is 0 Å². The Morgan fingerprint density at radius 1 is 1.17 bits per heavy atom. The molecule has 5 heteroatoms. The summed E-state index contributed by atoms with van der Waals surface area (Å²) in [6.07, 6.45) is 7.82. The highest BCUT2D eigenvalue weighted by molar-refractivity contribution is 7.91. The van der Waals surface area contributed by atoms with Crippen LogP contribution in [-0.2, 0) is 9.84 Å². The number of hydrogen-bond donors (Lipinski definition) is 1. The summed E-state index contributed by atoms with van der Waals surface area (Å²) >= 11 is 0. The van der Waals surface area contributed by atoms with Crippen LogP contribution in [0.25, 0.3) is 0 Å². The van der Waals surface area contributed by atoms with Gasteiger partial charge in [-0.25, -0.2) is 8.42 Å². The van der Waals surface area contributed by atoms with Gasteiger partial charge in [0.25, 0.3) is 0 Å². The van der Waals surface area contributed by atoms with Gasteiger partial charge in [0.15, 0.2) is 0 Å². The van der Waals surface area contributed by atoms with Crippen LogP contribution in [0.5, 0.6) is 0 Å². The standard InChI is InChI=1S/C13H24N2O2S/c1-18(16,17)12-4-2-3-11(7-12)15-8-13(14,9-15)10-5-6-10/h10-12H,2-9,14H2,1H3. The zero-order chi connectivity index (χ0) is 13.0. The Bertz CT molecular complexity index is 424. The molecule has 0 bridgehead atoms. The fourth-order valence-corrected chi connectivity index (χ4v) is 4.89. The molecule has 3 rings (SSSR count). The van der Waals surface area contributed by atoms with E-state index in [0.717, 1.165) is 44.7 Å². The number of rotatable bonds is 3. The Hall–Kier alpha value is -0.130. The smallest absolute Gasteiger partial charge is 0.150 e. The van der Waals surface area contributed by atoms with Gasteiger partial charge in [0.2, 0.25) is 0 Å². The van der Waals surface area contributed by atoms with Crippen LogP contribution in [0.2, 0.25) is 0 Å². The molecule has 2 aliphatic carbocycles. The van der Waals surface area contributed by atoms with E-state index in [-0.39, 0.29) is 10.8 Å². The highest BCUT2D eigenvalue weighted by atomic mass is 32.2. The van der Waals surface area contributed by atoms with Gasteiger partial charge in [-0.3, -0.25) is 4.90 Å².